The maximum absolute atomic E-state index is 12.4. The van der Waals surface area contributed by atoms with Crippen LogP contribution >= 0.6 is 11.3 Å². The molecule has 1 aromatic heterocycles. The van der Waals surface area contributed by atoms with Crippen molar-refractivity contribution in [2.75, 3.05) is 5.32 Å². The minimum Gasteiger partial charge on any atom is -0.299 e. The fourth-order valence-electron chi connectivity index (χ4n) is 2.33. The number of aryl methyl sites for hydroxylation is 1. The van der Waals surface area contributed by atoms with E-state index in [1.165, 1.54) is 18.3 Å². The van der Waals surface area contributed by atoms with E-state index in [-0.39, 0.29) is 0 Å². The van der Waals surface area contributed by atoms with Gasteiger partial charge in [-0.3, -0.25) is 24.6 Å². The Morgan fingerprint density at radius 3 is 2.35 bits per heavy atom. The first-order valence-electron chi connectivity index (χ1n) is 7.13. The number of rotatable bonds is 4. The second-order valence-corrected chi connectivity index (χ2v) is 6.11. The number of fused-ring (bicyclic) bond motifs is 1. The Morgan fingerprint density at radius 1 is 1.22 bits per heavy atom. The maximum Gasteiger partial charge on any atom is 0.262 e. The summed E-state index contributed by atoms with van der Waals surface area (Å²) in [5, 5.41) is 11.5. The van der Waals surface area contributed by atoms with E-state index in [4.69, 9.17) is 0 Å². The van der Waals surface area contributed by atoms with E-state index < -0.39 is 23.8 Å². The molecule has 1 atom stereocenters. The minimum absolute atomic E-state index is 0.321. The number of hydrogen-bond donors (Lipinski definition) is 1. The summed E-state index contributed by atoms with van der Waals surface area (Å²) < 4.78 is 0. The van der Waals surface area contributed by atoms with Gasteiger partial charge in [0, 0.05) is 0 Å². The zero-order valence-electron chi connectivity index (χ0n) is 12.6. The molecule has 118 valence electrons. The number of hydrogen-bond acceptors (Lipinski definition) is 6. The molecule has 0 bridgehead atoms. The molecule has 7 nitrogen and oxygen atoms in total. The van der Waals surface area contributed by atoms with Crippen LogP contribution < -0.4 is 5.32 Å². The van der Waals surface area contributed by atoms with Crippen molar-refractivity contribution in [1.82, 2.24) is 15.1 Å². The highest BCUT2D eigenvalue weighted by Gasteiger charge is 2.40. The van der Waals surface area contributed by atoms with Gasteiger partial charge in [-0.05, 0) is 25.5 Å². The van der Waals surface area contributed by atoms with Crippen molar-refractivity contribution < 1.29 is 14.4 Å². The van der Waals surface area contributed by atoms with Crippen LogP contribution in [-0.4, -0.2) is 38.9 Å². The predicted molar refractivity (Wildman–Crippen MR) is 84.3 cm³/mol. The third-order valence-electron chi connectivity index (χ3n) is 3.59. The van der Waals surface area contributed by atoms with Crippen LogP contribution in [0, 0.1) is 0 Å². The van der Waals surface area contributed by atoms with Crippen molar-refractivity contribution in [3.8, 4) is 0 Å². The molecule has 1 aliphatic rings. The monoisotopic (exact) mass is 330 g/mol. The maximum atomic E-state index is 12.4. The van der Waals surface area contributed by atoms with Gasteiger partial charge in [-0.2, -0.15) is 0 Å². The number of imide groups is 1. The fourth-order valence-corrected chi connectivity index (χ4v) is 3.02. The SMILES string of the molecule is CCc1nnc(NC(=O)C(C)N2C(=O)c3ccccc3C2=O)s1. The first kappa shape index (κ1) is 15.3. The van der Waals surface area contributed by atoms with Crippen molar-refractivity contribution >= 4 is 34.2 Å². The van der Waals surface area contributed by atoms with E-state index in [0.717, 1.165) is 16.3 Å². The Balaban J connectivity index is 1.78. The smallest absolute Gasteiger partial charge is 0.262 e. The summed E-state index contributed by atoms with van der Waals surface area (Å²) in [5.41, 5.74) is 0.641. The Kier molecular flexibility index (Phi) is 3.91. The molecule has 3 rings (SSSR count). The Bertz CT molecular complexity index is 767. The molecule has 2 aromatic rings. The van der Waals surface area contributed by atoms with Gasteiger partial charge in [0.2, 0.25) is 11.0 Å². The van der Waals surface area contributed by atoms with Crippen LogP contribution in [-0.2, 0) is 11.2 Å². The number of benzene rings is 1. The second-order valence-electron chi connectivity index (χ2n) is 5.05. The van der Waals surface area contributed by atoms with E-state index in [1.807, 2.05) is 6.92 Å². The quantitative estimate of drug-likeness (QED) is 0.862. The first-order chi connectivity index (χ1) is 11.0. The highest BCUT2D eigenvalue weighted by Crippen LogP contribution is 2.25. The van der Waals surface area contributed by atoms with Crippen molar-refractivity contribution in [2.24, 2.45) is 0 Å². The Morgan fingerprint density at radius 2 is 1.83 bits per heavy atom. The van der Waals surface area contributed by atoms with Crippen molar-refractivity contribution in [1.29, 1.82) is 0 Å². The zero-order chi connectivity index (χ0) is 16.6. The van der Waals surface area contributed by atoms with Gasteiger partial charge in [-0.25, -0.2) is 0 Å². The van der Waals surface area contributed by atoms with Crippen LogP contribution in [0.3, 0.4) is 0 Å². The molecule has 0 saturated carbocycles. The van der Waals surface area contributed by atoms with Gasteiger partial charge in [-0.15, -0.1) is 10.2 Å². The highest BCUT2D eigenvalue weighted by molar-refractivity contribution is 7.15. The minimum atomic E-state index is -0.934. The van der Waals surface area contributed by atoms with Crippen LogP contribution in [0.4, 0.5) is 5.13 Å². The lowest BCUT2D eigenvalue weighted by atomic mass is 10.1. The van der Waals surface area contributed by atoms with Crippen LogP contribution in [0.15, 0.2) is 24.3 Å². The standard InChI is InChI=1S/C15H14N4O3S/c1-3-11-17-18-15(23-11)16-12(20)8(2)19-13(21)9-6-4-5-7-10(9)14(19)22/h4-8H,3H2,1-2H3,(H,16,18,20). The average Bonchev–Trinajstić information content (AvgIpc) is 3.11. The number of aromatic nitrogens is 2. The van der Waals surface area contributed by atoms with E-state index in [9.17, 15) is 14.4 Å². The van der Waals surface area contributed by atoms with Crippen LogP contribution in [0.5, 0.6) is 0 Å². The molecule has 0 spiro atoms. The summed E-state index contributed by atoms with van der Waals surface area (Å²) in [5.74, 6) is -1.39. The summed E-state index contributed by atoms with van der Waals surface area (Å²) in [6.07, 6.45) is 0.724. The van der Waals surface area contributed by atoms with Crippen molar-refractivity contribution in [2.45, 2.75) is 26.3 Å². The summed E-state index contributed by atoms with van der Waals surface area (Å²) >= 11 is 1.27. The van der Waals surface area contributed by atoms with Gasteiger partial charge < -0.3 is 0 Å². The molecule has 1 aromatic carbocycles. The molecule has 3 amide bonds. The molecule has 23 heavy (non-hydrogen) atoms. The van der Waals surface area contributed by atoms with Gasteiger partial charge in [0.25, 0.3) is 11.8 Å². The molecule has 1 unspecified atom stereocenters. The fraction of sp³-hybridized carbons (Fsp3) is 0.267. The first-order valence-corrected chi connectivity index (χ1v) is 7.94. The molecule has 2 heterocycles. The number of carbonyl (C=O) groups is 3. The molecular formula is C15H14N4O3S. The Hall–Kier alpha value is -2.61. The van der Waals surface area contributed by atoms with Gasteiger partial charge >= 0.3 is 0 Å². The van der Waals surface area contributed by atoms with Gasteiger partial charge in [0.15, 0.2) is 0 Å². The largest absolute Gasteiger partial charge is 0.299 e. The number of nitrogens with one attached hydrogen (secondary N) is 1. The summed E-state index contributed by atoms with van der Waals surface area (Å²) in [4.78, 5) is 38.0. The van der Waals surface area contributed by atoms with Gasteiger partial charge in [0.05, 0.1) is 11.1 Å². The molecule has 1 N–H and O–H groups in total. The number of amides is 3. The van der Waals surface area contributed by atoms with Crippen molar-refractivity contribution in [3.63, 3.8) is 0 Å². The zero-order valence-corrected chi connectivity index (χ0v) is 13.4. The summed E-state index contributed by atoms with van der Waals surface area (Å²) in [6, 6.07) is 5.60. The van der Waals surface area contributed by atoms with Crippen molar-refractivity contribution in [3.05, 3.63) is 40.4 Å². The molecule has 1 aliphatic heterocycles. The highest BCUT2D eigenvalue weighted by atomic mass is 32.1. The third-order valence-corrected chi connectivity index (χ3v) is 4.57. The second kappa shape index (κ2) is 5.88. The lowest BCUT2D eigenvalue weighted by Crippen LogP contribution is -2.45. The van der Waals surface area contributed by atoms with Crippen LogP contribution in [0.1, 0.15) is 39.6 Å². The van der Waals surface area contributed by atoms with E-state index in [1.54, 1.807) is 24.3 Å². The molecule has 0 aliphatic carbocycles. The van der Waals surface area contributed by atoms with E-state index in [2.05, 4.69) is 15.5 Å². The van der Waals surface area contributed by atoms with Gasteiger partial charge in [0.1, 0.15) is 11.0 Å². The van der Waals surface area contributed by atoms with Crippen LogP contribution in [0.25, 0.3) is 0 Å². The molecular weight excluding hydrogens is 316 g/mol. The topological polar surface area (TPSA) is 92.3 Å². The predicted octanol–water partition coefficient (Wildman–Crippen LogP) is 1.72. The summed E-state index contributed by atoms with van der Waals surface area (Å²) in [7, 11) is 0. The summed E-state index contributed by atoms with van der Waals surface area (Å²) in [6.45, 7) is 3.45. The molecule has 8 heteroatoms. The lowest BCUT2D eigenvalue weighted by Gasteiger charge is -2.20. The average molecular weight is 330 g/mol. The lowest BCUT2D eigenvalue weighted by molar-refractivity contribution is -0.119. The number of carbonyl (C=O) groups excluding carboxylic acids is 3. The Labute approximate surface area is 136 Å². The molecule has 0 saturated heterocycles. The third kappa shape index (κ3) is 2.61. The number of nitrogens with zero attached hydrogens (tertiary/aromatic N) is 3. The normalized spacial score (nSPS) is 14.8. The molecule has 0 fully saturated rings. The van der Waals surface area contributed by atoms with E-state index in [0.29, 0.717) is 16.3 Å². The number of anilines is 1. The van der Waals surface area contributed by atoms with Gasteiger partial charge in [-0.1, -0.05) is 30.4 Å². The molecule has 0 radical (unpaired) electrons. The van der Waals surface area contributed by atoms with E-state index >= 15 is 0 Å². The van der Waals surface area contributed by atoms with Crippen LogP contribution in [0.2, 0.25) is 0 Å².